The molecule has 1 amide bonds. The molecule has 3 heterocycles. The second kappa shape index (κ2) is 14.4. The number of carbonyl (C=O) groups excluding carboxylic acids is 1. The largest absolute Gasteiger partial charge is 0.490 e. The highest BCUT2D eigenvalue weighted by molar-refractivity contribution is 9.10. The van der Waals surface area contributed by atoms with Crippen molar-refractivity contribution in [3.05, 3.63) is 81.9 Å². The lowest BCUT2D eigenvalue weighted by Crippen LogP contribution is -2.60. The zero-order valence-corrected chi connectivity index (χ0v) is 27.2. The standard InChI is InChI=1S/C27H26BrClF2N4O4S.C2HF3O2/c28-17-3-1-16(2-4-17)27(30,31)25(26(36)35-20-6-7-21(35)14-19(32)13-20)34-40(37,38)23-10-8-22(9-11-23)39-24-12-5-18(29)15-33-24;3-2(4,5)1(6)7/h1-5,8-12,15,19-21,25,34H,6-7,13-14,32H2;(H,6,7)/t19?,20?,21?,25-;/m1./s1. The number of carbonyl (C=O) groups is 2. The summed E-state index contributed by atoms with van der Waals surface area (Å²) in [5, 5.41) is 7.55. The highest BCUT2D eigenvalue weighted by atomic mass is 79.9. The zero-order valence-electron chi connectivity index (χ0n) is 24.0. The van der Waals surface area contributed by atoms with Gasteiger partial charge in [-0.05, 0) is 68.1 Å². The van der Waals surface area contributed by atoms with Gasteiger partial charge in [-0.2, -0.15) is 26.7 Å². The van der Waals surface area contributed by atoms with E-state index in [0.29, 0.717) is 35.2 Å². The van der Waals surface area contributed by atoms with Crippen LogP contribution in [-0.4, -0.2) is 65.6 Å². The Kier molecular flexibility index (Phi) is 11.2. The van der Waals surface area contributed by atoms with E-state index in [9.17, 15) is 26.4 Å². The summed E-state index contributed by atoms with van der Waals surface area (Å²) in [6.07, 6.45) is -1.45. The third kappa shape index (κ3) is 8.95. The summed E-state index contributed by atoms with van der Waals surface area (Å²) in [6.45, 7) is 0. The molecule has 2 aromatic carbocycles. The van der Waals surface area contributed by atoms with Crippen molar-refractivity contribution in [2.45, 2.75) is 66.8 Å². The number of aliphatic carboxylic acids is 1. The van der Waals surface area contributed by atoms with Crippen LogP contribution in [0.3, 0.4) is 0 Å². The number of amides is 1. The molecule has 3 aromatic rings. The van der Waals surface area contributed by atoms with E-state index in [1.807, 2.05) is 4.72 Å². The highest BCUT2D eigenvalue weighted by Gasteiger charge is 2.53. The summed E-state index contributed by atoms with van der Waals surface area (Å²) in [6, 6.07) is 10.3. The SMILES string of the molecule is NC1CC2CCC(C1)N2C(=O)[C@@H](NS(=O)(=O)c1ccc(Oc2ccc(Cl)cn2)cc1)C(F)(F)c1ccc(Br)cc1.O=C(O)C(F)(F)F. The number of pyridine rings is 1. The molecule has 3 atom stereocenters. The first-order chi connectivity index (χ1) is 21.9. The van der Waals surface area contributed by atoms with E-state index in [1.165, 1.54) is 53.6 Å². The van der Waals surface area contributed by atoms with Crippen LogP contribution in [0.5, 0.6) is 11.6 Å². The van der Waals surface area contributed by atoms with Crippen molar-refractivity contribution in [3.8, 4) is 11.6 Å². The molecule has 0 aliphatic carbocycles. The number of nitrogens with zero attached hydrogens (tertiary/aromatic N) is 2. The fourth-order valence-corrected chi connectivity index (χ4v) is 6.87. The second-order valence-electron chi connectivity index (χ2n) is 10.7. The van der Waals surface area contributed by atoms with Gasteiger partial charge in [0.2, 0.25) is 21.8 Å². The Balaban J connectivity index is 0.000000644. The van der Waals surface area contributed by atoms with Gasteiger partial charge in [-0.1, -0.05) is 39.7 Å². The molecule has 10 nitrogen and oxygen atoms in total. The van der Waals surface area contributed by atoms with Crippen LogP contribution in [0.2, 0.25) is 5.02 Å². The van der Waals surface area contributed by atoms with Crippen molar-refractivity contribution in [1.29, 1.82) is 0 Å². The number of fused-ring (bicyclic) bond motifs is 2. The summed E-state index contributed by atoms with van der Waals surface area (Å²) in [4.78, 5) is 27.8. The lowest BCUT2D eigenvalue weighted by atomic mass is 9.95. The van der Waals surface area contributed by atoms with Crippen LogP contribution in [0.4, 0.5) is 22.0 Å². The third-order valence-electron chi connectivity index (χ3n) is 7.43. The summed E-state index contributed by atoms with van der Waals surface area (Å²) in [5.41, 5.74) is 5.62. The Bertz CT molecular complexity index is 1670. The Labute approximate surface area is 279 Å². The minimum atomic E-state index is -5.08. The number of aromatic nitrogens is 1. The molecule has 2 bridgehead atoms. The average molecular weight is 770 g/mol. The van der Waals surface area contributed by atoms with Crippen molar-refractivity contribution < 1.29 is 49.8 Å². The maximum atomic E-state index is 16.0. The molecule has 2 unspecified atom stereocenters. The molecule has 18 heteroatoms. The number of benzene rings is 2. The number of sulfonamides is 1. The highest BCUT2D eigenvalue weighted by Crippen LogP contribution is 2.40. The van der Waals surface area contributed by atoms with Gasteiger partial charge in [-0.3, -0.25) is 4.79 Å². The monoisotopic (exact) mass is 768 g/mol. The number of carboxylic acid groups (broad SMARTS) is 1. The van der Waals surface area contributed by atoms with Crippen LogP contribution in [0.1, 0.15) is 31.2 Å². The van der Waals surface area contributed by atoms with E-state index < -0.39 is 45.6 Å². The fourth-order valence-electron chi connectivity index (χ4n) is 5.30. The summed E-state index contributed by atoms with van der Waals surface area (Å²) < 4.78 is 98.8. The minimum absolute atomic E-state index is 0.132. The molecule has 1 aromatic heterocycles. The average Bonchev–Trinajstić information content (AvgIpc) is 3.27. The van der Waals surface area contributed by atoms with Gasteiger partial charge in [0.05, 0.1) is 9.92 Å². The predicted octanol–water partition coefficient (Wildman–Crippen LogP) is 5.84. The number of alkyl halides is 5. The molecule has 4 N–H and O–H groups in total. The van der Waals surface area contributed by atoms with Crippen LogP contribution in [0, 0.1) is 0 Å². The number of rotatable bonds is 8. The van der Waals surface area contributed by atoms with Crippen molar-refractivity contribution in [3.63, 3.8) is 0 Å². The number of hydrogen-bond acceptors (Lipinski definition) is 7. The second-order valence-corrected chi connectivity index (χ2v) is 13.8. The van der Waals surface area contributed by atoms with Gasteiger partial charge in [0.1, 0.15) is 5.75 Å². The van der Waals surface area contributed by atoms with Crippen LogP contribution in [0.25, 0.3) is 0 Å². The van der Waals surface area contributed by atoms with Gasteiger partial charge in [-0.25, -0.2) is 18.2 Å². The molecular weight excluding hydrogens is 743 g/mol. The van der Waals surface area contributed by atoms with E-state index >= 15 is 8.78 Å². The van der Waals surface area contributed by atoms with E-state index in [-0.39, 0.29) is 34.7 Å². The van der Waals surface area contributed by atoms with Gasteiger partial charge in [0, 0.05) is 40.4 Å². The van der Waals surface area contributed by atoms with E-state index in [0.717, 1.165) is 12.1 Å². The number of nitrogens with two attached hydrogens (primary N) is 1. The summed E-state index contributed by atoms with van der Waals surface area (Å²) in [7, 11) is -4.56. The first kappa shape index (κ1) is 36.5. The molecule has 2 aliphatic heterocycles. The van der Waals surface area contributed by atoms with E-state index in [4.69, 9.17) is 32.0 Å². The van der Waals surface area contributed by atoms with E-state index in [2.05, 4.69) is 20.9 Å². The van der Waals surface area contributed by atoms with Crippen LogP contribution >= 0.6 is 27.5 Å². The smallest absolute Gasteiger partial charge is 0.475 e. The van der Waals surface area contributed by atoms with Crippen molar-refractivity contribution in [1.82, 2.24) is 14.6 Å². The van der Waals surface area contributed by atoms with Gasteiger partial charge in [0.25, 0.3) is 5.92 Å². The van der Waals surface area contributed by atoms with Gasteiger partial charge in [0.15, 0.2) is 6.04 Å². The first-order valence-electron chi connectivity index (χ1n) is 13.8. The molecule has 2 saturated heterocycles. The Morgan fingerprint density at radius 1 is 1.00 bits per heavy atom. The number of piperidine rings is 1. The summed E-state index contributed by atoms with van der Waals surface area (Å²) >= 11 is 9.04. The zero-order chi connectivity index (χ0) is 34.7. The molecule has 5 rings (SSSR count). The minimum Gasteiger partial charge on any atom is -0.475 e. The first-order valence-corrected chi connectivity index (χ1v) is 16.5. The molecule has 47 heavy (non-hydrogen) atoms. The predicted molar refractivity (Wildman–Crippen MR) is 162 cm³/mol. The van der Waals surface area contributed by atoms with Crippen LogP contribution < -0.4 is 15.2 Å². The Hall–Kier alpha value is -3.38. The topological polar surface area (TPSA) is 152 Å². The Morgan fingerprint density at radius 2 is 1.55 bits per heavy atom. The molecule has 0 saturated carbocycles. The molecule has 0 spiro atoms. The van der Waals surface area contributed by atoms with Crippen molar-refractivity contribution in [2.24, 2.45) is 5.73 Å². The maximum absolute atomic E-state index is 16.0. The van der Waals surface area contributed by atoms with Gasteiger partial charge in [-0.15, -0.1) is 0 Å². The lowest BCUT2D eigenvalue weighted by Gasteiger charge is -2.41. The Morgan fingerprint density at radius 3 is 2.04 bits per heavy atom. The van der Waals surface area contributed by atoms with Gasteiger partial charge >= 0.3 is 12.1 Å². The number of carboxylic acids is 1. The van der Waals surface area contributed by atoms with Crippen molar-refractivity contribution in [2.75, 3.05) is 0 Å². The molecule has 0 radical (unpaired) electrons. The number of halogens is 7. The third-order valence-corrected chi connectivity index (χ3v) is 9.63. The molecule has 2 fully saturated rings. The van der Waals surface area contributed by atoms with Gasteiger partial charge < -0.3 is 20.5 Å². The van der Waals surface area contributed by atoms with Crippen molar-refractivity contribution >= 4 is 49.4 Å². The number of ether oxygens (including phenoxy) is 1. The quantitative estimate of drug-likeness (QED) is 0.242. The van der Waals surface area contributed by atoms with Crippen LogP contribution in [0.15, 0.2) is 76.2 Å². The molecule has 254 valence electrons. The van der Waals surface area contributed by atoms with Crippen LogP contribution in [-0.2, 0) is 25.5 Å². The maximum Gasteiger partial charge on any atom is 0.490 e. The normalized spacial score (nSPS) is 20.2. The number of hydrogen-bond donors (Lipinski definition) is 3. The number of nitrogens with one attached hydrogen (secondary N) is 1. The lowest BCUT2D eigenvalue weighted by molar-refractivity contribution is -0.192. The van der Waals surface area contributed by atoms with E-state index in [1.54, 1.807) is 6.07 Å². The fraction of sp³-hybridized carbons (Fsp3) is 0.345. The summed E-state index contributed by atoms with van der Waals surface area (Å²) in [5.74, 6) is -7.08. The molecular formula is C29H27BrClF5N4O6S. The molecule has 2 aliphatic rings.